The smallest absolute Gasteiger partial charge is 0.0662 e. The van der Waals surface area contributed by atoms with E-state index >= 15 is 0 Å². The molecule has 0 aromatic carbocycles. The summed E-state index contributed by atoms with van der Waals surface area (Å²) in [5.74, 6) is 1.38. The third kappa shape index (κ3) is 3.77. The summed E-state index contributed by atoms with van der Waals surface area (Å²) in [7, 11) is 0. The van der Waals surface area contributed by atoms with E-state index in [1.165, 1.54) is 43.7 Å². The zero-order valence-electron chi connectivity index (χ0n) is 16.3. The quantitative estimate of drug-likeness (QED) is 0.811. The van der Waals surface area contributed by atoms with E-state index in [1.807, 2.05) is 6.20 Å². The van der Waals surface area contributed by atoms with Crippen molar-refractivity contribution in [1.82, 2.24) is 9.88 Å². The van der Waals surface area contributed by atoms with Crippen LogP contribution in [0.2, 0.25) is 0 Å². The van der Waals surface area contributed by atoms with Crippen LogP contribution >= 0.6 is 0 Å². The van der Waals surface area contributed by atoms with Crippen molar-refractivity contribution in [2.75, 3.05) is 31.1 Å². The fraction of sp³-hybridized carbons (Fsp3) is 0.762. The van der Waals surface area contributed by atoms with Crippen LogP contribution in [0.25, 0.3) is 0 Å². The van der Waals surface area contributed by atoms with Crippen molar-refractivity contribution in [2.45, 2.75) is 65.8 Å². The number of nitrogens with zero attached hydrogens (tertiary/aromatic N) is 3. The van der Waals surface area contributed by atoms with Crippen LogP contribution < -0.4 is 4.90 Å². The van der Waals surface area contributed by atoms with Crippen LogP contribution in [-0.4, -0.2) is 42.1 Å². The SMILES string of the molecule is CC(C)c1ncccc1N1CCN(C2CCC(C(C)(C)C)C2)CC1. The van der Waals surface area contributed by atoms with Gasteiger partial charge >= 0.3 is 0 Å². The van der Waals surface area contributed by atoms with Crippen LogP contribution in [0.3, 0.4) is 0 Å². The van der Waals surface area contributed by atoms with Crippen LogP contribution in [0.5, 0.6) is 0 Å². The highest BCUT2D eigenvalue weighted by Gasteiger charge is 2.36. The fourth-order valence-corrected chi connectivity index (χ4v) is 4.53. The lowest BCUT2D eigenvalue weighted by Crippen LogP contribution is -2.50. The molecule has 1 saturated heterocycles. The maximum Gasteiger partial charge on any atom is 0.0662 e. The minimum atomic E-state index is 0.471. The van der Waals surface area contributed by atoms with Crippen molar-refractivity contribution in [3.63, 3.8) is 0 Å². The highest BCUT2D eigenvalue weighted by Crippen LogP contribution is 2.41. The Bertz CT molecular complexity index is 538. The van der Waals surface area contributed by atoms with E-state index in [-0.39, 0.29) is 0 Å². The molecule has 2 aliphatic rings. The molecule has 1 saturated carbocycles. The Morgan fingerprint density at radius 3 is 2.38 bits per heavy atom. The first kappa shape index (κ1) is 17.7. The molecule has 0 amide bonds. The number of pyridine rings is 1. The Kier molecular flexibility index (Phi) is 5.19. The van der Waals surface area contributed by atoms with E-state index in [0.29, 0.717) is 11.3 Å². The van der Waals surface area contributed by atoms with Crippen LogP contribution in [-0.2, 0) is 0 Å². The van der Waals surface area contributed by atoms with Crippen molar-refractivity contribution < 1.29 is 0 Å². The molecule has 3 rings (SSSR count). The minimum absolute atomic E-state index is 0.471. The highest BCUT2D eigenvalue weighted by atomic mass is 15.3. The molecule has 1 aromatic heterocycles. The summed E-state index contributed by atoms with van der Waals surface area (Å²) < 4.78 is 0. The molecule has 0 N–H and O–H groups in total. The first-order chi connectivity index (χ1) is 11.4. The third-order valence-corrected chi connectivity index (χ3v) is 6.16. The summed E-state index contributed by atoms with van der Waals surface area (Å²) in [5.41, 5.74) is 3.07. The van der Waals surface area contributed by atoms with Crippen molar-refractivity contribution in [1.29, 1.82) is 0 Å². The number of anilines is 1. The largest absolute Gasteiger partial charge is 0.367 e. The van der Waals surface area contributed by atoms with Crippen molar-refractivity contribution >= 4 is 5.69 Å². The summed E-state index contributed by atoms with van der Waals surface area (Å²) in [5, 5.41) is 0. The van der Waals surface area contributed by atoms with Crippen LogP contribution in [0.15, 0.2) is 18.3 Å². The second-order valence-corrected chi connectivity index (χ2v) is 9.12. The molecule has 24 heavy (non-hydrogen) atoms. The second-order valence-electron chi connectivity index (χ2n) is 9.12. The molecular formula is C21H35N3. The summed E-state index contributed by atoms with van der Waals surface area (Å²) in [6, 6.07) is 5.15. The molecule has 2 heterocycles. The molecule has 1 aliphatic heterocycles. The summed E-state index contributed by atoms with van der Waals surface area (Å²) in [6.07, 6.45) is 6.13. The van der Waals surface area contributed by atoms with Crippen LogP contribution in [0.4, 0.5) is 5.69 Å². The Balaban J connectivity index is 1.59. The lowest BCUT2D eigenvalue weighted by atomic mass is 9.79. The predicted molar refractivity (Wildman–Crippen MR) is 103 cm³/mol. The van der Waals surface area contributed by atoms with Crippen molar-refractivity contribution in [3.8, 4) is 0 Å². The molecule has 2 fully saturated rings. The van der Waals surface area contributed by atoms with Crippen LogP contribution in [0.1, 0.15) is 65.5 Å². The minimum Gasteiger partial charge on any atom is -0.367 e. The van der Waals surface area contributed by atoms with Gasteiger partial charge in [-0.3, -0.25) is 9.88 Å². The van der Waals surface area contributed by atoms with Gasteiger partial charge in [0.05, 0.1) is 11.4 Å². The maximum absolute atomic E-state index is 4.63. The standard InChI is InChI=1S/C21H35N3/c1-16(2)20-19(7-6-10-22-20)24-13-11-23(12-14-24)18-9-8-17(15-18)21(3,4)5/h6-7,10,16-18H,8-9,11-15H2,1-5H3. The van der Waals surface area contributed by atoms with Gasteiger partial charge in [-0.25, -0.2) is 0 Å². The van der Waals surface area contributed by atoms with Gasteiger partial charge in [0.25, 0.3) is 0 Å². The molecule has 2 atom stereocenters. The number of hydrogen-bond donors (Lipinski definition) is 0. The molecule has 3 nitrogen and oxygen atoms in total. The molecule has 0 bridgehead atoms. The summed E-state index contributed by atoms with van der Waals surface area (Å²) in [4.78, 5) is 9.94. The van der Waals surface area contributed by atoms with Gasteiger partial charge in [-0.1, -0.05) is 34.6 Å². The second kappa shape index (κ2) is 7.03. The Morgan fingerprint density at radius 1 is 1.08 bits per heavy atom. The molecule has 134 valence electrons. The van der Waals surface area contributed by atoms with Crippen molar-refractivity contribution in [3.05, 3.63) is 24.0 Å². The average Bonchev–Trinajstić information content (AvgIpc) is 3.05. The van der Waals surface area contributed by atoms with Gasteiger partial charge in [0.2, 0.25) is 0 Å². The average molecular weight is 330 g/mol. The molecule has 0 spiro atoms. The zero-order valence-corrected chi connectivity index (χ0v) is 16.3. The zero-order chi connectivity index (χ0) is 17.3. The van der Waals surface area contributed by atoms with E-state index in [4.69, 9.17) is 0 Å². The van der Waals surface area contributed by atoms with E-state index in [2.05, 4.69) is 61.5 Å². The van der Waals surface area contributed by atoms with Gasteiger partial charge in [0, 0.05) is 38.4 Å². The number of rotatable bonds is 3. The van der Waals surface area contributed by atoms with Crippen molar-refractivity contribution in [2.24, 2.45) is 11.3 Å². The first-order valence-electron chi connectivity index (χ1n) is 9.80. The molecule has 3 heteroatoms. The molecule has 2 unspecified atom stereocenters. The summed E-state index contributed by atoms with van der Waals surface area (Å²) >= 11 is 0. The first-order valence-corrected chi connectivity index (χ1v) is 9.80. The Labute approximate surface area is 148 Å². The molecule has 1 aromatic rings. The third-order valence-electron chi connectivity index (χ3n) is 6.16. The highest BCUT2D eigenvalue weighted by molar-refractivity contribution is 5.52. The fourth-order valence-electron chi connectivity index (χ4n) is 4.53. The van der Waals surface area contributed by atoms with E-state index < -0.39 is 0 Å². The number of aromatic nitrogens is 1. The monoisotopic (exact) mass is 329 g/mol. The van der Waals surface area contributed by atoms with Gasteiger partial charge in [0.15, 0.2) is 0 Å². The number of hydrogen-bond acceptors (Lipinski definition) is 3. The maximum atomic E-state index is 4.63. The van der Waals surface area contributed by atoms with Gasteiger partial charge in [-0.15, -0.1) is 0 Å². The van der Waals surface area contributed by atoms with E-state index in [1.54, 1.807) is 0 Å². The summed E-state index contributed by atoms with van der Waals surface area (Å²) in [6.45, 7) is 16.4. The Hall–Kier alpha value is -1.09. The molecule has 1 aliphatic carbocycles. The van der Waals surface area contributed by atoms with Gasteiger partial charge in [0.1, 0.15) is 0 Å². The van der Waals surface area contributed by atoms with E-state index in [0.717, 1.165) is 25.0 Å². The van der Waals surface area contributed by atoms with Gasteiger partial charge in [-0.05, 0) is 48.6 Å². The molecular weight excluding hydrogens is 294 g/mol. The predicted octanol–water partition coefficient (Wildman–Crippen LogP) is 4.54. The normalized spacial score (nSPS) is 26.3. The van der Waals surface area contributed by atoms with E-state index in [9.17, 15) is 0 Å². The number of piperazine rings is 1. The van der Waals surface area contributed by atoms with Crippen LogP contribution in [0, 0.1) is 11.3 Å². The van der Waals surface area contributed by atoms with Gasteiger partial charge < -0.3 is 4.90 Å². The molecule has 0 radical (unpaired) electrons. The topological polar surface area (TPSA) is 19.4 Å². The lowest BCUT2D eigenvalue weighted by Gasteiger charge is -2.40. The van der Waals surface area contributed by atoms with Gasteiger partial charge in [-0.2, -0.15) is 0 Å². The lowest BCUT2D eigenvalue weighted by molar-refractivity contribution is 0.167. The Morgan fingerprint density at radius 2 is 1.79 bits per heavy atom.